The van der Waals surface area contributed by atoms with E-state index in [2.05, 4.69) is 5.32 Å². The molecule has 0 aliphatic rings. The molecule has 0 bridgehead atoms. The average Bonchev–Trinajstić information content (AvgIpc) is 2.14. The van der Waals surface area contributed by atoms with Crippen LogP contribution in [-0.2, 0) is 9.59 Å². The Bertz CT molecular complexity index is 239. The van der Waals surface area contributed by atoms with Gasteiger partial charge >= 0.3 is 0 Å². The van der Waals surface area contributed by atoms with Gasteiger partial charge in [-0.25, -0.2) is 0 Å². The summed E-state index contributed by atoms with van der Waals surface area (Å²) in [6.07, 6.45) is 1.04. The second-order valence-electron chi connectivity index (χ2n) is 4.40. The lowest BCUT2D eigenvalue weighted by molar-refractivity contribution is -0.127. The van der Waals surface area contributed by atoms with Gasteiger partial charge in [0.15, 0.2) is 0 Å². The van der Waals surface area contributed by atoms with Gasteiger partial charge in [0.05, 0.1) is 5.41 Å². The third kappa shape index (κ3) is 5.37. The molecule has 1 unspecified atom stereocenters. The van der Waals surface area contributed by atoms with E-state index in [1.54, 1.807) is 13.8 Å². The summed E-state index contributed by atoms with van der Waals surface area (Å²) in [4.78, 5) is 22.3. The first-order chi connectivity index (χ1) is 6.79. The molecule has 0 rings (SSSR count). The average molecular weight is 215 g/mol. The van der Waals surface area contributed by atoms with Crippen LogP contribution < -0.4 is 16.8 Å². The molecular formula is C10H21N3O2. The highest BCUT2D eigenvalue weighted by Crippen LogP contribution is 2.11. The van der Waals surface area contributed by atoms with Crippen molar-refractivity contribution in [3.8, 4) is 0 Å². The van der Waals surface area contributed by atoms with Crippen LogP contribution in [0.2, 0.25) is 0 Å². The minimum Gasteiger partial charge on any atom is -0.369 e. The summed E-state index contributed by atoms with van der Waals surface area (Å²) in [5, 5.41) is 2.65. The van der Waals surface area contributed by atoms with Gasteiger partial charge in [-0.3, -0.25) is 9.59 Å². The van der Waals surface area contributed by atoms with Crippen molar-refractivity contribution in [1.82, 2.24) is 5.32 Å². The molecular weight excluding hydrogens is 194 g/mol. The Balaban J connectivity index is 3.96. The van der Waals surface area contributed by atoms with Crippen molar-refractivity contribution in [1.29, 1.82) is 0 Å². The Hall–Kier alpha value is -1.10. The van der Waals surface area contributed by atoms with Crippen molar-refractivity contribution in [2.24, 2.45) is 16.9 Å². The zero-order valence-electron chi connectivity index (χ0n) is 9.67. The summed E-state index contributed by atoms with van der Waals surface area (Å²) in [5.41, 5.74) is 10.1. The Morgan fingerprint density at radius 2 is 1.93 bits per heavy atom. The van der Waals surface area contributed by atoms with Crippen LogP contribution in [-0.4, -0.2) is 24.4 Å². The van der Waals surface area contributed by atoms with E-state index in [0.29, 0.717) is 0 Å². The topological polar surface area (TPSA) is 98.2 Å². The normalized spacial score (nSPS) is 13.3. The lowest BCUT2D eigenvalue weighted by Crippen LogP contribution is -2.43. The summed E-state index contributed by atoms with van der Waals surface area (Å²) in [5.74, 6) is -0.568. The van der Waals surface area contributed by atoms with Crippen molar-refractivity contribution in [3.63, 3.8) is 0 Å². The third-order valence-electron chi connectivity index (χ3n) is 2.37. The first kappa shape index (κ1) is 13.9. The van der Waals surface area contributed by atoms with Crippen molar-refractivity contribution in [2.45, 2.75) is 39.7 Å². The molecule has 0 radical (unpaired) electrons. The quantitative estimate of drug-likeness (QED) is 0.569. The van der Waals surface area contributed by atoms with Gasteiger partial charge in [0.25, 0.3) is 0 Å². The second-order valence-corrected chi connectivity index (χ2v) is 4.40. The first-order valence-corrected chi connectivity index (χ1v) is 5.11. The highest BCUT2D eigenvalue weighted by Gasteiger charge is 2.25. The number of nitrogens with one attached hydrogen (secondary N) is 1. The van der Waals surface area contributed by atoms with Gasteiger partial charge in [-0.2, -0.15) is 0 Å². The van der Waals surface area contributed by atoms with E-state index in [9.17, 15) is 9.59 Å². The number of hydrogen-bond acceptors (Lipinski definition) is 3. The van der Waals surface area contributed by atoms with Gasteiger partial charge in [0.2, 0.25) is 11.8 Å². The van der Waals surface area contributed by atoms with E-state index in [-0.39, 0.29) is 24.9 Å². The minimum atomic E-state index is -0.716. The highest BCUT2D eigenvalue weighted by atomic mass is 16.2. The molecule has 0 heterocycles. The van der Waals surface area contributed by atoms with Crippen molar-refractivity contribution >= 4 is 11.8 Å². The van der Waals surface area contributed by atoms with Crippen molar-refractivity contribution in [2.75, 3.05) is 6.54 Å². The van der Waals surface area contributed by atoms with Crippen LogP contribution in [0, 0.1) is 5.41 Å². The predicted molar refractivity (Wildman–Crippen MR) is 58.9 cm³/mol. The molecule has 15 heavy (non-hydrogen) atoms. The van der Waals surface area contributed by atoms with Crippen LogP contribution in [0.1, 0.15) is 33.6 Å². The Morgan fingerprint density at radius 1 is 1.40 bits per heavy atom. The number of amides is 2. The standard InChI is InChI=1S/C10H21N3O2/c1-4-7(11)5-8(14)13-6-10(2,3)9(12)15/h7H,4-6,11H2,1-3H3,(H2,12,15)(H,13,14). The van der Waals surface area contributed by atoms with Gasteiger partial charge in [0, 0.05) is 19.0 Å². The van der Waals surface area contributed by atoms with Crippen molar-refractivity contribution < 1.29 is 9.59 Å². The maximum atomic E-state index is 11.3. The van der Waals surface area contributed by atoms with Crippen LogP contribution >= 0.6 is 0 Å². The molecule has 2 amide bonds. The smallest absolute Gasteiger partial charge is 0.224 e. The summed E-state index contributed by atoms with van der Waals surface area (Å²) in [6.45, 7) is 5.55. The fourth-order valence-electron chi connectivity index (χ4n) is 0.861. The van der Waals surface area contributed by atoms with Gasteiger partial charge < -0.3 is 16.8 Å². The van der Waals surface area contributed by atoms with Crippen LogP contribution in [0.25, 0.3) is 0 Å². The number of rotatable bonds is 6. The molecule has 0 aliphatic carbocycles. The maximum absolute atomic E-state index is 11.3. The summed E-state index contributed by atoms with van der Waals surface area (Å²) >= 11 is 0. The maximum Gasteiger partial charge on any atom is 0.224 e. The number of carbonyl (C=O) groups is 2. The van der Waals surface area contributed by atoms with Gasteiger partial charge in [-0.15, -0.1) is 0 Å². The molecule has 0 saturated carbocycles. The summed E-state index contributed by atoms with van der Waals surface area (Å²) in [6, 6.07) is -0.123. The number of nitrogens with two attached hydrogens (primary N) is 2. The summed E-state index contributed by atoms with van der Waals surface area (Å²) < 4.78 is 0. The van der Waals surface area contributed by atoms with E-state index < -0.39 is 11.3 Å². The monoisotopic (exact) mass is 215 g/mol. The zero-order valence-corrected chi connectivity index (χ0v) is 9.67. The van der Waals surface area contributed by atoms with E-state index in [1.807, 2.05) is 6.92 Å². The molecule has 5 heteroatoms. The predicted octanol–water partition coefficient (Wildman–Crippen LogP) is -0.258. The number of primary amides is 1. The summed E-state index contributed by atoms with van der Waals surface area (Å²) in [7, 11) is 0. The third-order valence-corrected chi connectivity index (χ3v) is 2.37. The molecule has 5 nitrogen and oxygen atoms in total. The van der Waals surface area contributed by atoms with E-state index in [0.717, 1.165) is 6.42 Å². The number of hydrogen-bond donors (Lipinski definition) is 3. The molecule has 88 valence electrons. The lowest BCUT2D eigenvalue weighted by atomic mass is 9.92. The van der Waals surface area contributed by atoms with E-state index in [1.165, 1.54) is 0 Å². The van der Waals surface area contributed by atoms with Gasteiger partial charge in [-0.1, -0.05) is 6.92 Å². The molecule has 1 atom stereocenters. The second kappa shape index (κ2) is 5.70. The molecule has 0 spiro atoms. The Kier molecular flexibility index (Phi) is 5.28. The molecule has 0 aromatic carbocycles. The molecule has 0 fully saturated rings. The zero-order chi connectivity index (χ0) is 12.1. The van der Waals surface area contributed by atoms with E-state index in [4.69, 9.17) is 11.5 Å². The fraction of sp³-hybridized carbons (Fsp3) is 0.800. The van der Waals surface area contributed by atoms with Crippen molar-refractivity contribution in [3.05, 3.63) is 0 Å². The van der Waals surface area contributed by atoms with Gasteiger partial charge in [-0.05, 0) is 20.3 Å². The van der Waals surface area contributed by atoms with Gasteiger partial charge in [0.1, 0.15) is 0 Å². The first-order valence-electron chi connectivity index (χ1n) is 5.11. The number of carbonyl (C=O) groups excluding carboxylic acids is 2. The molecule has 0 aromatic rings. The lowest BCUT2D eigenvalue weighted by Gasteiger charge is -2.21. The molecule has 0 saturated heterocycles. The highest BCUT2D eigenvalue weighted by molar-refractivity contribution is 5.82. The van der Waals surface area contributed by atoms with Crippen LogP contribution in [0.3, 0.4) is 0 Å². The van der Waals surface area contributed by atoms with Crippen LogP contribution in [0.5, 0.6) is 0 Å². The molecule has 0 aliphatic heterocycles. The Morgan fingerprint density at radius 3 is 2.33 bits per heavy atom. The molecule has 5 N–H and O–H groups in total. The fourth-order valence-corrected chi connectivity index (χ4v) is 0.861. The molecule has 0 aromatic heterocycles. The van der Waals surface area contributed by atoms with E-state index >= 15 is 0 Å². The largest absolute Gasteiger partial charge is 0.369 e. The van der Waals surface area contributed by atoms with Crippen LogP contribution in [0.4, 0.5) is 0 Å². The SMILES string of the molecule is CCC(N)CC(=O)NCC(C)(C)C(N)=O. The van der Waals surface area contributed by atoms with Crippen LogP contribution in [0.15, 0.2) is 0 Å². The minimum absolute atomic E-state index is 0.123. The Labute approximate surface area is 90.6 Å².